The molecule has 4 nitrogen and oxygen atoms in total. The van der Waals surface area contributed by atoms with Gasteiger partial charge in [0.15, 0.2) is 0 Å². The number of imide groups is 1. The monoisotopic (exact) mass is 342 g/mol. The van der Waals surface area contributed by atoms with Crippen LogP contribution >= 0.6 is 27.3 Å². The van der Waals surface area contributed by atoms with Gasteiger partial charge in [0.05, 0.1) is 9.83 Å². The average Bonchev–Trinajstić information content (AvgIpc) is 2.74. The fourth-order valence-corrected chi connectivity index (χ4v) is 4.61. The summed E-state index contributed by atoms with van der Waals surface area (Å²) in [6.45, 7) is 0. The molecule has 2 unspecified atom stereocenters. The van der Waals surface area contributed by atoms with E-state index in [1.165, 1.54) is 10.4 Å². The van der Waals surface area contributed by atoms with E-state index in [1.54, 1.807) is 11.3 Å². The maximum absolute atomic E-state index is 11.8. The molecule has 2 aliphatic rings. The topological polar surface area (TPSA) is 58.2 Å². The van der Waals surface area contributed by atoms with E-state index in [0.717, 1.165) is 23.0 Å². The third-order valence-electron chi connectivity index (χ3n) is 3.73. The van der Waals surface area contributed by atoms with Crippen LogP contribution in [0, 0.1) is 0 Å². The van der Waals surface area contributed by atoms with Gasteiger partial charge in [0.2, 0.25) is 11.8 Å². The number of rotatable bonds is 2. The quantitative estimate of drug-likeness (QED) is 0.810. The zero-order valence-corrected chi connectivity index (χ0v) is 12.8. The summed E-state index contributed by atoms with van der Waals surface area (Å²) in [5, 5.41) is 5.82. The smallest absolute Gasteiger partial charge is 0.243 e. The number of aryl methyl sites for hydroxylation is 1. The van der Waals surface area contributed by atoms with E-state index in [1.807, 2.05) is 0 Å². The van der Waals surface area contributed by atoms with Crippen molar-refractivity contribution in [2.45, 2.75) is 44.2 Å². The summed E-state index contributed by atoms with van der Waals surface area (Å²) >= 11 is 5.31. The minimum absolute atomic E-state index is 0.161. The van der Waals surface area contributed by atoms with E-state index in [0.29, 0.717) is 12.8 Å². The summed E-state index contributed by atoms with van der Waals surface area (Å²) in [4.78, 5) is 24.3. The highest BCUT2D eigenvalue weighted by molar-refractivity contribution is 9.11. The van der Waals surface area contributed by atoms with E-state index < -0.39 is 0 Å². The first-order valence-corrected chi connectivity index (χ1v) is 8.12. The predicted molar refractivity (Wildman–Crippen MR) is 77.0 cm³/mol. The lowest BCUT2D eigenvalue weighted by molar-refractivity contribution is -0.134. The maximum Gasteiger partial charge on any atom is 0.243 e. The largest absolute Gasteiger partial charge is 0.299 e. The van der Waals surface area contributed by atoms with E-state index in [9.17, 15) is 9.59 Å². The van der Waals surface area contributed by atoms with Crippen molar-refractivity contribution in [3.05, 3.63) is 20.3 Å². The van der Waals surface area contributed by atoms with Gasteiger partial charge in [-0.3, -0.25) is 20.2 Å². The van der Waals surface area contributed by atoms with Crippen molar-refractivity contribution in [3.8, 4) is 0 Å². The molecule has 2 amide bonds. The standard InChI is InChI=1S/C13H15BrN2O2S/c14-11-6-7-8(2-1-3-10(7)19-11)15-9-4-5-12(17)16-13(9)18/h6,8-9,15H,1-5H2,(H,16,17,18). The number of thiophene rings is 1. The number of hydrogen-bond acceptors (Lipinski definition) is 4. The van der Waals surface area contributed by atoms with Gasteiger partial charge < -0.3 is 0 Å². The van der Waals surface area contributed by atoms with Crippen molar-refractivity contribution in [2.24, 2.45) is 0 Å². The van der Waals surface area contributed by atoms with Crippen molar-refractivity contribution < 1.29 is 9.59 Å². The second-order valence-corrected chi connectivity index (χ2v) is 7.56. The molecule has 3 rings (SSSR count). The van der Waals surface area contributed by atoms with Crippen LogP contribution in [0.4, 0.5) is 0 Å². The molecule has 1 aromatic rings. The highest BCUT2D eigenvalue weighted by Crippen LogP contribution is 2.38. The Kier molecular flexibility index (Phi) is 3.73. The number of nitrogens with one attached hydrogen (secondary N) is 2. The highest BCUT2D eigenvalue weighted by atomic mass is 79.9. The molecule has 2 atom stereocenters. The van der Waals surface area contributed by atoms with Crippen molar-refractivity contribution in [1.29, 1.82) is 0 Å². The maximum atomic E-state index is 11.8. The molecule has 19 heavy (non-hydrogen) atoms. The molecule has 1 aliphatic carbocycles. The van der Waals surface area contributed by atoms with E-state index in [2.05, 4.69) is 32.6 Å². The van der Waals surface area contributed by atoms with Crippen molar-refractivity contribution in [2.75, 3.05) is 0 Å². The molecule has 0 radical (unpaired) electrons. The van der Waals surface area contributed by atoms with Crippen molar-refractivity contribution in [1.82, 2.24) is 10.6 Å². The molecule has 1 aromatic heterocycles. The first-order valence-electron chi connectivity index (χ1n) is 6.51. The highest BCUT2D eigenvalue weighted by Gasteiger charge is 2.31. The molecule has 2 heterocycles. The van der Waals surface area contributed by atoms with E-state index in [-0.39, 0.29) is 23.9 Å². The number of halogens is 1. The van der Waals surface area contributed by atoms with E-state index in [4.69, 9.17) is 0 Å². The summed E-state index contributed by atoms with van der Waals surface area (Å²) in [7, 11) is 0. The second-order valence-electron chi connectivity index (χ2n) is 5.04. The van der Waals surface area contributed by atoms with Gasteiger partial charge in [-0.2, -0.15) is 0 Å². The number of piperidine rings is 1. The molecule has 0 aromatic carbocycles. The Morgan fingerprint density at radius 2 is 2.11 bits per heavy atom. The fourth-order valence-electron chi connectivity index (χ4n) is 2.79. The lowest BCUT2D eigenvalue weighted by Crippen LogP contribution is -2.51. The third-order valence-corrected chi connectivity index (χ3v) is 5.44. The lowest BCUT2D eigenvalue weighted by atomic mass is 9.92. The van der Waals surface area contributed by atoms with Crippen LogP contribution < -0.4 is 10.6 Å². The van der Waals surface area contributed by atoms with Gasteiger partial charge in [-0.25, -0.2) is 0 Å². The molecule has 0 saturated carbocycles. The summed E-state index contributed by atoms with van der Waals surface area (Å²) in [5.74, 6) is -0.344. The minimum Gasteiger partial charge on any atom is -0.299 e. The van der Waals surface area contributed by atoms with Gasteiger partial charge in [0.1, 0.15) is 0 Å². The molecule has 1 saturated heterocycles. The van der Waals surface area contributed by atoms with Gasteiger partial charge in [-0.15, -0.1) is 11.3 Å². The van der Waals surface area contributed by atoms with Gasteiger partial charge in [-0.05, 0) is 53.2 Å². The van der Waals surface area contributed by atoms with Crippen LogP contribution in [0.5, 0.6) is 0 Å². The summed E-state index contributed by atoms with van der Waals surface area (Å²) in [6, 6.07) is 2.14. The normalized spacial score (nSPS) is 27.0. The number of amides is 2. The summed E-state index contributed by atoms with van der Waals surface area (Å²) < 4.78 is 1.15. The van der Waals surface area contributed by atoms with Crippen LogP contribution in [0.2, 0.25) is 0 Å². The van der Waals surface area contributed by atoms with Crippen LogP contribution in [-0.4, -0.2) is 17.9 Å². The van der Waals surface area contributed by atoms with Gasteiger partial charge in [0, 0.05) is 17.3 Å². The fraction of sp³-hybridized carbons (Fsp3) is 0.538. The van der Waals surface area contributed by atoms with Crippen molar-refractivity contribution >= 4 is 39.1 Å². The molecular formula is C13H15BrN2O2S. The van der Waals surface area contributed by atoms with Gasteiger partial charge in [0.25, 0.3) is 0 Å². The Hall–Kier alpha value is -0.720. The zero-order valence-electron chi connectivity index (χ0n) is 10.4. The SMILES string of the molecule is O=C1CCC(NC2CCCc3sc(Br)cc32)C(=O)N1. The minimum atomic E-state index is -0.243. The Morgan fingerprint density at radius 1 is 1.26 bits per heavy atom. The number of hydrogen-bond donors (Lipinski definition) is 2. The lowest BCUT2D eigenvalue weighted by Gasteiger charge is -2.30. The van der Waals surface area contributed by atoms with Crippen LogP contribution in [0.1, 0.15) is 42.2 Å². The number of fused-ring (bicyclic) bond motifs is 1. The Balaban J connectivity index is 1.74. The molecule has 0 bridgehead atoms. The predicted octanol–water partition coefficient (Wildman–Crippen LogP) is 2.28. The molecule has 0 spiro atoms. The average molecular weight is 343 g/mol. The zero-order chi connectivity index (χ0) is 13.4. The van der Waals surface area contributed by atoms with Crippen LogP contribution in [0.15, 0.2) is 9.85 Å². The molecule has 1 fully saturated rings. The molecule has 1 aliphatic heterocycles. The summed E-state index contributed by atoms with van der Waals surface area (Å²) in [5.41, 5.74) is 1.31. The number of carbonyl (C=O) groups excluding carboxylic acids is 2. The molecule has 102 valence electrons. The molecular weight excluding hydrogens is 328 g/mol. The Labute approximate surface area is 124 Å². The number of carbonyl (C=O) groups is 2. The van der Waals surface area contributed by atoms with Crippen LogP contribution in [0.25, 0.3) is 0 Å². The third kappa shape index (κ3) is 2.75. The van der Waals surface area contributed by atoms with Crippen LogP contribution in [-0.2, 0) is 16.0 Å². The Bertz CT molecular complexity index is 529. The molecule has 6 heteroatoms. The Morgan fingerprint density at radius 3 is 2.89 bits per heavy atom. The first kappa shape index (κ1) is 13.3. The van der Waals surface area contributed by atoms with Gasteiger partial charge in [-0.1, -0.05) is 0 Å². The summed E-state index contributed by atoms with van der Waals surface area (Å²) in [6.07, 6.45) is 4.34. The first-order chi connectivity index (χ1) is 9.13. The van der Waals surface area contributed by atoms with Crippen LogP contribution in [0.3, 0.4) is 0 Å². The molecule has 2 N–H and O–H groups in total. The van der Waals surface area contributed by atoms with Gasteiger partial charge >= 0.3 is 0 Å². The second kappa shape index (κ2) is 5.34. The van der Waals surface area contributed by atoms with Crippen molar-refractivity contribution in [3.63, 3.8) is 0 Å². The van der Waals surface area contributed by atoms with E-state index >= 15 is 0 Å².